The number of thiophene rings is 1. The second kappa shape index (κ2) is 4.65. The molecule has 0 bridgehead atoms. The Labute approximate surface area is 106 Å². The van der Waals surface area contributed by atoms with Crippen molar-refractivity contribution in [1.29, 1.82) is 0 Å². The van der Waals surface area contributed by atoms with Gasteiger partial charge in [-0.05, 0) is 28.9 Å². The molecule has 2 unspecified atom stereocenters. The van der Waals surface area contributed by atoms with Crippen LogP contribution in [0.3, 0.4) is 0 Å². The molecule has 2 atom stereocenters. The average Bonchev–Trinajstić information content (AvgIpc) is 2.84. The van der Waals surface area contributed by atoms with Gasteiger partial charge in [0.25, 0.3) is 0 Å². The molecule has 0 saturated heterocycles. The van der Waals surface area contributed by atoms with Gasteiger partial charge < -0.3 is 10.3 Å². The third-order valence-electron chi connectivity index (χ3n) is 2.41. The van der Waals surface area contributed by atoms with Crippen LogP contribution in [0.4, 0.5) is 0 Å². The second-order valence-electron chi connectivity index (χ2n) is 3.73. The minimum atomic E-state index is 0.00312. The van der Waals surface area contributed by atoms with Crippen LogP contribution in [0.2, 0.25) is 0 Å². The molecule has 0 saturated carbocycles. The van der Waals surface area contributed by atoms with Gasteiger partial charge in [-0.15, -0.1) is 11.3 Å². The van der Waals surface area contributed by atoms with Crippen molar-refractivity contribution in [2.75, 3.05) is 0 Å². The van der Waals surface area contributed by atoms with E-state index in [0.29, 0.717) is 11.7 Å². The predicted octanol–water partition coefficient (Wildman–Crippen LogP) is 3.01. The SMILES string of the molecule is CC(N)C(C)c1nc(-c2cc(Br)cs2)no1. The molecule has 0 fully saturated rings. The molecule has 0 radical (unpaired) electrons. The maximum atomic E-state index is 5.79. The normalized spacial score (nSPS) is 15.0. The lowest BCUT2D eigenvalue weighted by molar-refractivity contribution is 0.347. The molecule has 0 aliphatic heterocycles. The van der Waals surface area contributed by atoms with E-state index in [0.717, 1.165) is 9.35 Å². The maximum absolute atomic E-state index is 5.79. The lowest BCUT2D eigenvalue weighted by Gasteiger charge is -2.09. The highest BCUT2D eigenvalue weighted by Gasteiger charge is 2.18. The van der Waals surface area contributed by atoms with Crippen LogP contribution in [0.15, 0.2) is 20.4 Å². The number of nitrogens with two attached hydrogens (primary N) is 1. The van der Waals surface area contributed by atoms with E-state index in [-0.39, 0.29) is 12.0 Å². The molecule has 2 N–H and O–H groups in total. The molecule has 0 amide bonds. The van der Waals surface area contributed by atoms with Gasteiger partial charge in [0.15, 0.2) is 0 Å². The molecule has 6 heteroatoms. The number of aromatic nitrogens is 2. The van der Waals surface area contributed by atoms with Crippen molar-refractivity contribution < 1.29 is 4.52 Å². The molecule has 0 aliphatic carbocycles. The van der Waals surface area contributed by atoms with Crippen LogP contribution in [-0.2, 0) is 0 Å². The summed E-state index contributed by atoms with van der Waals surface area (Å²) in [6.45, 7) is 3.91. The van der Waals surface area contributed by atoms with Crippen LogP contribution < -0.4 is 5.73 Å². The summed E-state index contributed by atoms with van der Waals surface area (Å²) in [5.41, 5.74) is 5.79. The molecule has 2 aromatic heterocycles. The zero-order valence-corrected chi connectivity index (χ0v) is 11.4. The molecule has 16 heavy (non-hydrogen) atoms. The highest BCUT2D eigenvalue weighted by molar-refractivity contribution is 9.10. The fourth-order valence-corrected chi connectivity index (χ4v) is 2.53. The Morgan fingerprint density at radius 1 is 1.50 bits per heavy atom. The van der Waals surface area contributed by atoms with Crippen molar-refractivity contribution in [3.8, 4) is 10.7 Å². The van der Waals surface area contributed by atoms with Crippen molar-refractivity contribution in [3.63, 3.8) is 0 Å². The van der Waals surface area contributed by atoms with Crippen LogP contribution in [0.5, 0.6) is 0 Å². The summed E-state index contributed by atoms with van der Waals surface area (Å²) < 4.78 is 6.23. The summed E-state index contributed by atoms with van der Waals surface area (Å²) >= 11 is 4.97. The van der Waals surface area contributed by atoms with Crippen LogP contribution >= 0.6 is 27.3 Å². The van der Waals surface area contributed by atoms with E-state index in [1.807, 2.05) is 25.3 Å². The number of rotatable bonds is 3. The summed E-state index contributed by atoms with van der Waals surface area (Å²) in [6, 6.07) is 1.97. The molecule has 86 valence electrons. The monoisotopic (exact) mass is 301 g/mol. The van der Waals surface area contributed by atoms with E-state index in [1.54, 1.807) is 11.3 Å². The van der Waals surface area contributed by atoms with Crippen LogP contribution in [0.1, 0.15) is 25.7 Å². The molecule has 2 aromatic rings. The molecule has 0 aliphatic rings. The Kier molecular flexibility index (Phi) is 3.41. The number of hydrogen-bond donors (Lipinski definition) is 1. The average molecular weight is 302 g/mol. The number of halogens is 1. The minimum Gasteiger partial charge on any atom is -0.339 e. The molecular formula is C10H12BrN3OS. The van der Waals surface area contributed by atoms with Crippen LogP contribution in [-0.4, -0.2) is 16.2 Å². The van der Waals surface area contributed by atoms with E-state index < -0.39 is 0 Å². The van der Waals surface area contributed by atoms with Gasteiger partial charge in [-0.25, -0.2) is 0 Å². The topological polar surface area (TPSA) is 64.9 Å². The number of hydrogen-bond acceptors (Lipinski definition) is 5. The first-order valence-electron chi connectivity index (χ1n) is 4.91. The predicted molar refractivity (Wildman–Crippen MR) is 67.4 cm³/mol. The lowest BCUT2D eigenvalue weighted by atomic mass is 10.1. The van der Waals surface area contributed by atoms with Crippen molar-refractivity contribution in [1.82, 2.24) is 10.1 Å². The zero-order valence-electron chi connectivity index (χ0n) is 8.98. The minimum absolute atomic E-state index is 0.00312. The Morgan fingerprint density at radius 2 is 2.25 bits per heavy atom. The van der Waals surface area contributed by atoms with Gasteiger partial charge in [0.1, 0.15) is 0 Å². The summed E-state index contributed by atoms with van der Waals surface area (Å²) in [6.07, 6.45) is 0. The highest BCUT2D eigenvalue weighted by Crippen LogP contribution is 2.28. The van der Waals surface area contributed by atoms with Crippen LogP contribution in [0, 0.1) is 0 Å². The van der Waals surface area contributed by atoms with E-state index >= 15 is 0 Å². The fourth-order valence-electron chi connectivity index (χ4n) is 1.18. The first-order valence-corrected chi connectivity index (χ1v) is 6.59. The van der Waals surface area contributed by atoms with E-state index in [4.69, 9.17) is 10.3 Å². The third kappa shape index (κ3) is 2.34. The molecular weight excluding hydrogens is 290 g/mol. The van der Waals surface area contributed by atoms with Gasteiger partial charge in [-0.3, -0.25) is 0 Å². The quantitative estimate of drug-likeness (QED) is 0.946. The highest BCUT2D eigenvalue weighted by atomic mass is 79.9. The first kappa shape index (κ1) is 11.8. The first-order chi connectivity index (χ1) is 7.58. The third-order valence-corrected chi connectivity index (χ3v) is 4.09. The molecule has 2 heterocycles. The van der Waals surface area contributed by atoms with Gasteiger partial charge in [-0.1, -0.05) is 12.1 Å². The van der Waals surface area contributed by atoms with Gasteiger partial charge >= 0.3 is 0 Å². The summed E-state index contributed by atoms with van der Waals surface area (Å²) in [4.78, 5) is 5.33. The Balaban J connectivity index is 2.26. The molecule has 2 rings (SSSR count). The Hall–Kier alpha value is -0.720. The summed E-state index contributed by atoms with van der Waals surface area (Å²) in [5, 5.41) is 5.94. The van der Waals surface area contributed by atoms with Gasteiger partial charge in [-0.2, -0.15) is 4.98 Å². The van der Waals surface area contributed by atoms with Crippen molar-refractivity contribution in [2.24, 2.45) is 5.73 Å². The zero-order chi connectivity index (χ0) is 11.7. The van der Waals surface area contributed by atoms with E-state index in [1.165, 1.54) is 0 Å². The standard InChI is InChI=1S/C10H12BrN3OS/c1-5(6(2)12)10-13-9(14-15-10)8-3-7(11)4-16-8/h3-6H,12H2,1-2H3. The summed E-state index contributed by atoms with van der Waals surface area (Å²) in [7, 11) is 0. The van der Waals surface area contributed by atoms with E-state index in [9.17, 15) is 0 Å². The Morgan fingerprint density at radius 3 is 2.81 bits per heavy atom. The lowest BCUT2D eigenvalue weighted by Crippen LogP contribution is -2.22. The maximum Gasteiger partial charge on any atom is 0.231 e. The fraction of sp³-hybridized carbons (Fsp3) is 0.400. The smallest absolute Gasteiger partial charge is 0.231 e. The Bertz CT molecular complexity index is 480. The van der Waals surface area contributed by atoms with Gasteiger partial charge in [0.05, 0.1) is 10.8 Å². The second-order valence-corrected chi connectivity index (χ2v) is 5.56. The van der Waals surface area contributed by atoms with Crippen LogP contribution in [0.25, 0.3) is 10.7 Å². The van der Waals surface area contributed by atoms with Gasteiger partial charge in [0, 0.05) is 15.9 Å². The van der Waals surface area contributed by atoms with Crippen molar-refractivity contribution in [2.45, 2.75) is 25.8 Å². The van der Waals surface area contributed by atoms with Crippen molar-refractivity contribution in [3.05, 3.63) is 21.8 Å². The largest absolute Gasteiger partial charge is 0.339 e. The van der Waals surface area contributed by atoms with E-state index in [2.05, 4.69) is 26.1 Å². The molecule has 0 spiro atoms. The number of nitrogens with zero attached hydrogens (tertiary/aromatic N) is 2. The summed E-state index contributed by atoms with van der Waals surface area (Å²) in [5.74, 6) is 1.29. The van der Waals surface area contributed by atoms with Crippen molar-refractivity contribution >= 4 is 27.3 Å². The molecule has 4 nitrogen and oxygen atoms in total. The molecule has 0 aromatic carbocycles. The van der Waals surface area contributed by atoms with Gasteiger partial charge in [0.2, 0.25) is 11.7 Å².